The van der Waals surface area contributed by atoms with E-state index < -0.39 is 0 Å². The van der Waals surface area contributed by atoms with Gasteiger partial charge in [-0.05, 0) is 5.92 Å². The molecule has 0 unspecified atom stereocenters. The van der Waals surface area contributed by atoms with E-state index in [1.54, 1.807) is 17.1 Å². The number of aromatic nitrogens is 2. The Kier molecular flexibility index (Phi) is 3.86. The van der Waals surface area contributed by atoms with Crippen LogP contribution in [0.25, 0.3) is 0 Å². The Morgan fingerprint density at radius 3 is 2.57 bits per heavy atom. The van der Waals surface area contributed by atoms with Crippen molar-refractivity contribution in [2.75, 3.05) is 0 Å². The first-order chi connectivity index (χ1) is 6.67. The quantitative estimate of drug-likeness (QED) is 0.675. The first-order valence-electron chi connectivity index (χ1n) is 5.18. The molecule has 0 bridgehead atoms. The molecular formula is C11H18N2O. The zero-order valence-electron chi connectivity index (χ0n) is 9.16. The average molecular weight is 194 g/mol. The summed E-state index contributed by atoms with van der Waals surface area (Å²) in [7, 11) is 1.88. The molecule has 1 aromatic rings. The molecular weight excluding hydrogens is 176 g/mol. The fraction of sp³-hybridized carbons (Fsp3) is 0.636. The number of aryl methyl sites for hydroxylation is 1. The van der Waals surface area contributed by atoms with Crippen molar-refractivity contribution in [1.82, 2.24) is 9.55 Å². The van der Waals surface area contributed by atoms with Crippen LogP contribution in [0.5, 0.6) is 0 Å². The number of imidazole rings is 1. The Morgan fingerprint density at radius 1 is 1.50 bits per heavy atom. The minimum absolute atomic E-state index is 0.166. The molecule has 0 aromatic carbocycles. The van der Waals surface area contributed by atoms with E-state index in [0.29, 0.717) is 18.0 Å². The summed E-state index contributed by atoms with van der Waals surface area (Å²) in [5.74, 6) is 0.670. The summed E-state index contributed by atoms with van der Waals surface area (Å²) in [4.78, 5) is 15.8. The Hall–Kier alpha value is -1.12. The lowest BCUT2D eigenvalue weighted by Crippen LogP contribution is -2.07. The molecule has 0 aliphatic rings. The van der Waals surface area contributed by atoms with Crippen molar-refractivity contribution in [3.8, 4) is 0 Å². The van der Waals surface area contributed by atoms with E-state index >= 15 is 0 Å². The minimum atomic E-state index is 0.166. The number of rotatable bonds is 5. The fourth-order valence-electron chi connectivity index (χ4n) is 1.50. The molecule has 0 spiro atoms. The highest BCUT2D eigenvalue weighted by atomic mass is 16.1. The van der Waals surface area contributed by atoms with Crippen LogP contribution < -0.4 is 0 Å². The molecule has 0 aliphatic heterocycles. The number of Topliss-reactive ketones (excluding diaryl/α,β-unsaturated/α-hetero) is 1. The van der Waals surface area contributed by atoms with E-state index in [4.69, 9.17) is 0 Å². The van der Waals surface area contributed by atoms with Crippen molar-refractivity contribution in [2.45, 2.75) is 33.1 Å². The number of hydrogen-bond donors (Lipinski definition) is 0. The molecule has 0 fully saturated rings. The Bertz CT molecular complexity index is 300. The van der Waals surface area contributed by atoms with Gasteiger partial charge in [0.05, 0.1) is 6.33 Å². The normalized spacial score (nSPS) is 10.9. The maximum absolute atomic E-state index is 11.7. The minimum Gasteiger partial charge on any atom is -0.340 e. The Morgan fingerprint density at radius 2 is 2.14 bits per heavy atom. The summed E-state index contributed by atoms with van der Waals surface area (Å²) in [5, 5.41) is 0. The molecule has 0 atom stereocenters. The molecule has 0 amide bonds. The van der Waals surface area contributed by atoms with Gasteiger partial charge in [0.2, 0.25) is 0 Å². The van der Waals surface area contributed by atoms with E-state index in [2.05, 4.69) is 18.8 Å². The molecule has 78 valence electrons. The second kappa shape index (κ2) is 4.94. The van der Waals surface area contributed by atoms with E-state index in [1.165, 1.54) is 0 Å². The van der Waals surface area contributed by atoms with Crippen LogP contribution in [0.1, 0.15) is 43.6 Å². The van der Waals surface area contributed by atoms with E-state index in [1.807, 2.05) is 7.05 Å². The highest BCUT2D eigenvalue weighted by Crippen LogP contribution is 2.15. The summed E-state index contributed by atoms with van der Waals surface area (Å²) < 4.78 is 1.81. The van der Waals surface area contributed by atoms with Gasteiger partial charge < -0.3 is 4.57 Å². The summed E-state index contributed by atoms with van der Waals surface area (Å²) in [6, 6.07) is 0. The third-order valence-corrected chi connectivity index (χ3v) is 2.62. The summed E-state index contributed by atoms with van der Waals surface area (Å²) in [5.41, 5.74) is 0.597. The van der Waals surface area contributed by atoms with Crippen molar-refractivity contribution in [3.05, 3.63) is 18.2 Å². The van der Waals surface area contributed by atoms with Crippen molar-refractivity contribution >= 4 is 5.78 Å². The molecule has 1 aromatic heterocycles. The monoisotopic (exact) mass is 194 g/mol. The van der Waals surface area contributed by atoms with Crippen molar-refractivity contribution in [2.24, 2.45) is 13.0 Å². The largest absolute Gasteiger partial charge is 0.340 e. The Balaban J connectivity index is 2.58. The van der Waals surface area contributed by atoms with E-state index in [9.17, 15) is 4.79 Å². The third kappa shape index (κ3) is 2.69. The maximum atomic E-state index is 11.7. The van der Waals surface area contributed by atoms with Crippen molar-refractivity contribution in [1.29, 1.82) is 0 Å². The molecule has 3 nitrogen and oxygen atoms in total. The van der Waals surface area contributed by atoms with Crippen LogP contribution in [0.15, 0.2) is 12.5 Å². The van der Waals surface area contributed by atoms with Crippen LogP contribution in [-0.4, -0.2) is 15.3 Å². The van der Waals surface area contributed by atoms with Crippen LogP contribution in [0.3, 0.4) is 0 Å². The summed E-state index contributed by atoms with van der Waals surface area (Å²) in [6.07, 6.45) is 6.21. The fourth-order valence-corrected chi connectivity index (χ4v) is 1.50. The van der Waals surface area contributed by atoms with Gasteiger partial charge in [0, 0.05) is 19.7 Å². The lowest BCUT2D eigenvalue weighted by atomic mass is 9.96. The van der Waals surface area contributed by atoms with Gasteiger partial charge >= 0.3 is 0 Å². The van der Waals surface area contributed by atoms with Gasteiger partial charge in [-0.1, -0.05) is 26.7 Å². The standard InChI is InChI=1S/C11H18N2O/c1-4-9(5-2)6-11(14)10-7-13(3)8-12-10/h7-9H,4-6H2,1-3H3. The summed E-state index contributed by atoms with van der Waals surface area (Å²) in [6.45, 7) is 4.25. The van der Waals surface area contributed by atoms with Gasteiger partial charge in [-0.25, -0.2) is 4.98 Å². The third-order valence-electron chi connectivity index (χ3n) is 2.62. The molecule has 0 aliphatic carbocycles. The number of ketones is 1. The highest BCUT2D eigenvalue weighted by molar-refractivity contribution is 5.94. The number of hydrogen-bond acceptors (Lipinski definition) is 2. The van der Waals surface area contributed by atoms with Crippen molar-refractivity contribution < 1.29 is 4.79 Å². The second-order valence-corrected chi connectivity index (χ2v) is 3.73. The van der Waals surface area contributed by atoms with Gasteiger partial charge in [-0.15, -0.1) is 0 Å². The molecule has 0 N–H and O–H groups in total. The topological polar surface area (TPSA) is 34.9 Å². The second-order valence-electron chi connectivity index (χ2n) is 3.73. The smallest absolute Gasteiger partial charge is 0.183 e. The first-order valence-corrected chi connectivity index (χ1v) is 5.18. The number of carbonyl (C=O) groups is 1. The van der Waals surface area contributed by atoms with Gasteiger partial charge in [0.15, 0.2) is 5.78 Å². The van der Waals surface area contributed by atoms with Crippen LogP contribution in [-0.2, 0) is 7.05 Å². The summed E-state index contributed by atoms with van der Waals surface area (Å²) >= 11 is 0. The molecule has 0 radical (unpaired) electrons. The average Bonchev–Trinajstić information content (AvgIpc) is 2.61. The van der Waals surface area contributed by atoms with E-state index in [-0.39, 0.29) is 5.78 Å². The van der Waals surface area contributed by atoms with Crippen LogP contribution >= 0.6 is 0 Å². The van der Waals surface area contributed by atoms with Crippen molar-refractivity contribution in [3.63, 3.8) is 0 Å². The zero-order valence-corrected chi connectivity index (χ0v) is 9.16. The number of carbonyl (C=O) groups excluding carboxylic acids is 1. The van der Waals surface area contributed by atoms with Gasteiger partial charge in [-0.3, -0.25) is 4.79 Å². The predicted octanol–water partition coefficient (Wildman–Crippen LogP) is 2.43. The van der Waals surface area contributed by atoms with Crippen LogP contribution in [0.4, 0.5) is 0 Å². The Labute approximate surface area is 85.2 Å². The SMILES string of the molecule is CCC(CC)CC(=O)c1cn(C)cn1. The molecule has 0 saturated heterocycles. The lowest BCUT2D eigenvalue weighted by Gasteiger charge is -2.09. The van der Waals surface area contributed by atoms with Gasteiger partial charge in [0.25, 0.3) is 0 Å². The zero-order chi connectivity index (χ0) is 10.6. The molecule has 0 saturated carbocycles. The molecule has 1 heterocycles. The van der Waals surface area contributed by atoms with Crippen LogP contribution in [0.2, 0.25) is 0 Å². The highest BCUT2D eigenvalue weighted by Gasteiger charge is 2.13. The molecule has 1 rings (SSSR count). The first kappa shape index (κ1) is 11.0. The molecule has 14 heavy (non-hydrogen) atoms. The van der Waals surface area contributed by atoms with Crippen LogP contribution in [0, 0.1) is 5.92 Å². The maximum Gasteiger partial charge on any atom is 0.183 e. The lowest BCUT2D eigenvalue weighted by molar-refractivity contribution is 0.0954. The van der Waals surface area contributed by atoms with Gasteiger partial charge in [-0.2, -0.15) is 0 Å². The molecule has 3 heteroatoms. The number of nitrogens with zero attached hydrogens (tertiary/aromatic N) is 2. The van der Waals surface area contributed by atoms with E-state index in [0.717, 1.165) is 12.8 Å². The van der Waals surface area contributed by atoms with Gasteiger partial charge in [0.1, 0.15) is 5.69 Å². The predicted molar refractivity (Wildman–Crippen MR) is 56.2 cm³/mol.